The van der Waals surface area contributed by atoms with Crippen molar-refractivity contribution in [2.24, 2.45) is 0 Å². The standard InChI is InChI=1S/C21H21NO2S/c1-15-13-16(2)21(17(3)14-15)22-25(23,24)20-11-9-19(10-12-20)18-7-5-4-6-8-18/h4-14,22H,1-3H3. The monoisotopic (exact) mass is 351 g/mol. The Labute approximate surface area is 149 Å². The van der Waals surface area contributed by atoms with Crippen LogP contribution in [0.25, 0.3) is 11.1 Å². The molecule has 0 radical (unpaired) electrons. The van der Waals surface area contributed by atoms with Gasteiger partial charge in [0.1, 0.15) is 0 Å². The molecule has 3 aromatic rings. The van der Waals surface area contributed by atoms with E-state index in [1.165, 1.54) is 0 Å². The highest BCUT2D eigenvalue weighted by Gasteiger charge is 2.17. The molecule has 3 rings (SSSR count). The summed E-state index contributed by atoms with van der Waals surface area (Å²) in [5.41, 5.74) is 5.65. The van der Waals surface area contributed by atoms with Gasteiger partial charge in [-0.1, -0.05) is 60.2 Å². The molecule has 1 N–H and O–H groups in total. The minimum atomic E-state index is -3.62. The summed E-state index contributed by atoms with van der Waals surface area (Å²) in [6, 6.07) is 20.8. The van der Waals surface area contributed by atoms with Gasteiger partial charge in [-0.05, 0) is 55.2 Å². The van der Waals surface area contributed by atoms with E-state index in [0.717, 1.165) is 27.8 Å². The first kappa shape index (κ1) is 17.2. The maximum atomic E-state index is 12.7. The Hall–Kier alpha value is -2.59. The second-order valence-electron chi connectivity index (χ2n) is 6.27. The van der Waals surface area contributed by atoms with Crippen molar-refractivity contribution in [3.05, 3.63) is 83.4 Å². The number of rotatable bonds is 4. The summed E-state index contributed by atoms with van der Waals surface area (Å²) in [6.07, 6.45) is 0. The Balaban J connectivity index is 1.91. The lowest BCUT2D eigenvalue weighted by Crippen LogP contribution is -2.14. The zero-order valence-electron chi connectivity index (χ0n) is 14.6. The first-order valence-corrected chi connectivity index (χ1v) is 9.61. The van der Waals surface area contributed by atoms with Crippen LogP contribution in [0.2, 0.25) is 0 Å². The highest BCUT2D eigenvalue weighted by atomic mass is 32.2. The van der Waals surface area contributed by atoms with Crippen LogP contribution >= 0.6 is 0 Å². The van der Waals surface area contributed by atoms with Gasteiger partial charge >= 0.3 is 0 Å². The van der Waals surface area contributed by atoms with Crippen molar-refractivity contribution >= 4 is 15.7 Å². The van der Waals surface area contributed by atoms with E-state index >= 15 is 0 Å². The minimum Gasteiger partial charge on any atom is -0.279 e. The van der Waals surface area contributed by atoms with Crippen molar-refractivity contribution in [3.8, 4) is 11.1 Å². The van der Waals surface area contributed by atoms with E-state index in [1.54, 1.807) is 12.1 Å². The summed E-state index contributed by atoms with van der Waals surface area (Å²) in [7, 11) is -3.62. The molecule has 0 saturated carbocycles. The summed E-state index contributed by atoms with van der Waals surface area (Å²) in [6.45, 7) is 5.83. The smallest absolute Gasteiger partial charge is 0.261 e. The average molecular weight is 351 g/mol. The Morgan fingerprint density at radius 1 is 0.720 bits per heavy atom. The van der Waals surface area contributed by atoms with Crippen LogP contribution in [-0.2, 0) is 10.0 Å². The summed E-state index contributed by atoms with van der Waals surface area (Å²) in [4.78, 5) is 0.256. The maximum Gasteiger partial charge on any atom is 0.261 e. The largest absolute Gasteiger partial charge is 0.279 e. The molecule has 0 aliphatic carbocycles. The normalized spacial score (nSPS) is 11.3. The number of anilines is 1. The van der Waals surface area contributed by atoms with Crippen LogP contribution < -0.4 is 4.72 Å². The third-order valence-corrected chi connectivity index (χ3v) is 5.55. The first-order chi connectivity index (χ1) is 11.9. The third kappa shape index (κ3) is 3.74. The predicted molar refractivity (Wildman–Crippen MR) is 103 cm³/mol. The van der Waals surface area contributed by atoms with E-state index in [2.05, 4.69) is 4.72 Å². The van der Waals surface area contributed by atoms with Crippen molar-refractivity contribution in [2.75, 3.05) is 4.72 Å². The van der Waals surface area contributed by atoms with Crippen LogP contribution in [0, 0.1) is 20.8 Å². The van der Waals surface area contributed by atoms with Crippen LogP contribution in [-0.4, -0.2) is 8.42 Å². The van der Waals surface area contributed by atoms with E-state index in [9.17, 15) is 8.42 Å². The van der Waals surface area contributed by atoms with Crippen LogP contribution in [0.3, 0.4) is 0 Å². The number of hydrogen-bond donors (Lipinski definition) is 1. The molecule has 3 nitrogen and oxygen atoms in total. The van der Waals surface area contributed by atoms with Gasteiger partial charge in [-0.15, -0.1) is 0 Å². The Bertz CT molecular complexity index is 969. The number of aryl methyl sites for hydroxylation is 3. The van der Waals surface area contributed by atoms with Crippen molar-refractivity contribution in [1.29, 1.82) is 0 Å². The fourth-order valence-electron chi connectivity index (χ4n) is 2.99. The zero-order chi connectivity index (χ0) is 18.0. The van der Waals surface area contributed by atoms with Gasteiger partial charge in [0.15, 0.2) is 0 Å². The number of benzene rings is 3. The zero-order valence-corrected chi connectivity index (χ0v) is 15.4. The molecule has 25 heavy (non-hydrogen) atoms. The summed E-state index contributed by atoms with van der Waals surface area (Å²) < 4.78 is 28.2. The highest BCUT2D eigenvalue weighted by molar-refractivity contribution is 7.92. The van der Waals surface area contributed by atoms with Gasteiger partial charge in [-0.2, -0.15) is 0 Å². The molecule has 0 unspecified atom stereocenters. The van der Waals surface area contributed by atoms with Gasteiger partial charge < -0.3 is 0 Å². The van der Waals surface area contributed by atoms with Gasteiger partial charge in [0.2, 0.25) is 0 Å². The van der Waals surface area contributed by atoms with Gasteiger partial charge in [-0.3, -0.25) is 4.72 Å². The summed E-state index contributed by atoms with van der Waals surface area (Å²) >= 11 is 0. The van der Waals surface area contributed by atoms with Crippen LogP contribution in [0.15, 0.2) is 71.6 Å². The van der Waals surface area contributed by atoms with Crippen molar-refractivity contribution in [1.82, 2.24) is 0 Å². The van der Waals surface area contributed by atoms with E-state index in [1.807, 2.05) is 75.4 Å². The van der Waals surface area contributed by atoms with E-state index in [0.29, 0.717) is 5.69 Å². The molecule has 0 spiro atoms. The van der Waals surface area contributed by atoms with Crippen molar-refractivity contribution in [2.45, 2.75) is 25.7 Å². The number of sulfonamides is 1. The molecule has 128 valence electrons. The molecule has 0 aliphatic heterocycles. The minimum absolute atomic E-state index is 0.256. The average Bonchev–Trinajstić information content (AvgIpc) is 2.59. The Morgan fingerprint density at radius 2 is 1.24 bits per heavy atom. The molecular formula is C21H21NO2S. The SMILES string of the molecule is Cc1cc(C)c(NS(=O)(=O)c2ccc(-c3ccccc3)cc2)c(C)c1. The molecule has 0 amide bonds. The predicted octanol–water partition coefficient (Wildman–Crippen LogP) is 5.08. The van der Waals surface area contributed by atoms with Crippen molar-refractivity contribution in [3.63, 3.8) is 0 Å². The molecule has 0 aromatic heterocycles. The molecule has 0 aliphatic rings. The number of nitrogens with one attached hydrogen (secondary N) is 1. The topological polar surface area (TPSA) is 46.2 Å². The fraction of sp³-hybridized carbons (Fsp3) is 0.143. The molecule has 0 heterocycles. The lowest BCUT2D eigenvalue weighted by atomic mass is 10.1. The van der Waals surface area contributed by atoms with Crippen molar-refractivity contribution < 1.29 is 8.42 Å². The summed E-state index contributed by atoms with van der Waals surface area (Å²) in [5, 5.41) is 0. The lowest BCUT2D eigenvalue weighted by Gasteiger charge is -2.14. The first-order valence-electron chi connectivity index (χ1n) is 8.13. The molecule has 0 bridgehead atoms. The van der Waals surface area contributed by atoms with E-state index < -0.39 is 10.0 Å². The second-order valence-corrected chi connectivity index (χ2v) is 7.95. The highest BCUT2D eigenvalue weighted by Crippen LogP contribution is 2.26. The van der Waals surface area contributed by atoms with Crippen LogP contribution in [0.5, 0.6) is 0 Å². The Kier molecular flexibility index (Phi) is 4.64. The molecule has 0 saturated heterocycles. The van der Waals surface area contributed by atoms with Gasteiger partial charge in [0, 0.05) is 0 Å². The Morgan fingerprint density at radius 3 is 1.80 bits per heavy atom. The molecular weight excluding hydrogens is 330 g/mol. The maximum absolute atomic E-state index is 12.7. The molecule has 3 aromatic carbocycles. The van der Waals surface area contributed by atoms with Gasteiger partial charge in [0.05, 0.1) is 10.6 Å². The quantitative estimate of drug-likeness (QED) is 0.712. The lowest BCUT2D eigenvalue weighted by molar-refractivity contribution is 0.601. The van der Waals surface area contributed by atoms with Gasteiger partial charge in [-0.25, -0.2) is 8.42 Å². The number of hydrogen-bond acceptors (Lipinski definition) is 2. The van der Waals surface area contributed by atoms with E-state index in [-0.39, 0.29) is 4.90 Å². The second kappa shape index (κ2) is 6.73. The molecule has 4 heteroatoms. The molecule has 0 atom stereocenters. The van der Waals surface area contributed by atoms with Crippen LogP contribution in [0.1, 0.15) is 16.7 Å². The third-order valence-electron chi connectivity index (χ3n) is 4.19. The van der Waals surface area contributed by atoms with Crippen LogP contribution in [0.4, 0.5) is 5.69 Å². The van der Waals surface area contributed by atoms with Gasteiger partial charge in [0.25, 0.3) is 10.0 Å². The molecule has 0 fully saturated rings. The fourth-order valence-corrected chi connectivity index (χ4v) is 4.19. The van der Waals surface area contributed by atoms with E-state index in [4.69, 9.17) is 0 Å². The summed E-state index contributed by atoms with van der Waals surface area (Å²) in [5.74, 6) is 0.